The number of hydrogen-bond acceptors (Lipinski definition) is 6. The first kappa shape index (κ1) is 24.5. The normalized spacial score (nSPS) is 14.9. The Morgan fingerprint density at radius 2 is 1.76 bits per heavy atom. The van der Waals surface area contributed by atoms with Gasteiger partial charge in [-0.3, -0.25) is 13.9 Å². The zero-order valence-corrected chi connectivity index (χ0v) is 19.8. The summed E-state index contributed by atoms with van der Waals surface area (Å²) in [6, 6.07) is 13.3. The minimum atomic E-state index is -3.37. The van der Waals surface area contributed by atoms with E-state index in [1.807, 2.05) is 6.92 Å². The lowest BCUT2D eigenvalue weighted by Gasteiger charge is -2.27. The van der Waals surface area contributed by atoms with Crippen LogP contribution in [0.5, 0.6) is 5.75 Å². The van der Waals surface area contributed by atoms with Crippen molar-refractivity contribution in [3.63, 3.8) is 0 Å². The molecule has 0 aromatic heterocycles. The van der Waals surface area contributed by atoms with Crippen molar-refractivity contribution in [2.24, 2.45) is 0 Å². The molecule has 1 fully saturated rings. The van der Waals surface area contributed by atoms with Crippen molar-refractivity contribution >= 4 is 33.2 Å². The summed E-state index contributed by atoms with van der Waals surface area (Å²) in [5.74, 6) is -0.105. The molecule has 33 heavy (non-hydrogen) atoms. The van der Waals surface area contributed by atoms with E-state index in [-0.39, 0.29) is 11.8 Å². The zero-order valence-electron chi connectivity index (χ0n) is 19.0. The number of carbonyl (C=O) groups excluding carboxylic acids is 2. The SMILES string of the molecule is CC[C@H](Oc1ccc(N(C)S(C)(=O)=O)cc1)C(=O)Nc1ccccc1C(=O)N1CCOCC1. The first-order chi connectivity index (χ1) is 15.7. The first-order valence-corrected chi connectivity index (χ1v) is 12.5. The molecule has 1 N–H and O–H groups in total. The van der Waals surface area contributed by atoms with Gasteiger partial charge in [0, 0.05) is 20.1 Å². The van der Waals surface area contributed by atoms with Crippen LogP contribution in [0.3, 0.4) is 0 Å². The fraction of sp³-hybridized carbons (Fsp3) is 0.391. The van der Waals surface area contributed by atoms with Crippen molar-refractivity contribution in [1.29, 1.82) is 0 Å². The van der Waals surface area contributed by atoms with Gasteiger partial charge in [0.25, 0.3) is 11.8 Å². The molecular formula is C23H29N3O6S. The van der Waals surface area contributed by atoms with Gasteiger partial charge in [-0.1, -0.05) is 19.1 Å². The van der Waals surface area contributed by atoms with Gasteiger partial charge in [0.2, 0.25) is 10.0 Å². The second-order valence-corrected chi connectivity index (χ2v) is 9.69. The van der Waals surface area contributed by atoms with Gasteiger partial charge < -0.3 is 19.7 Å². The third kappa shape index (κ3) is 6.23. The molecule has 1 saturated heterocycles. The molecule has 1 aliphatic heterocycles. The van der Waals surface area contributed by atoms with E-state index in [0.717, 1.165) is 10.6 Å². The predicted molar refractivity (Wildman–Crippen MR) is 126 cm³/mol. The molecule has 1 heterocycles. The Morgan fingerprint density at radius 1 is 1.12 bits per heavy atom. The monoisotopic (exact) mass is 475 g/mol. The maximum absolute atomic E-state index is 12.9. The van der Waals surface area contributed by atoms with Gasteiger partial charge in [0.05, 0.1) is 36.4 Å². The number of nitrogens with zero attached hydrogens (tertiary/aromatic N) is 2. The predicted octanol–water partition coefficient (Wildman–Crippen LogP) is 2.35. The standard InChI is InChI=1S/C23H29N3O6S/c1-4-21(32-18-11-9-17(10-12-18)25(2)33(3,29)30)22(27)24-20-8-6-5-7-19(20)23(28)26-13-15-31-16-14-26/h5-12,21H,4,13-16H2,1-3H3,(H,24,27)/t21-/m0/s1. The third-order valence-electron chi connectivity index (χ3n) is 5.35. The van der Waals surface area contributed by atoms with Crippen LogP contribution in [-0.2, 0) is 19.6 Å². The second kappa shape index (κ2) is 10.7. The highest BCUT2D eigenvalue weighted by atomic mass is 32.2. The number of hydrogen-bond donors (Lipinski definition) is 1. The lowest BCUT2D eigenvalue weighted by Crippen LogP contribution is -2.41. The van der Waals surface area contributed by atoms with Gasteiger partial charge in [-0.05, 0) is 42.8 Å². The fourth-order valence-electron chi connectivity index (χ4n) is 3.34. The number of rotatable bonds is 8. The summed E-state index contributed by atoms with van der Waals surface area (Å²) in [6.45, 7) is 3.81. The Morgan fingerprint density at radius 3 is 2.36 bits per heavy atom. The summed E-state index contributed by atoms with van der Waals surface area (Å²) >= 11 is 0. The molecule has 2 aromatic carbocycles. The molecule has 0 unspecified atom stereocenters. The minimum Gasteiger partial charge on any atom is -0.481 e. The third-order valence-corrected chi connectivity index (χ3v) is 6.56. The number of benzene rings is 2. The van der Waals surface area contributed by atoms with E-state index >= 15 is 0 Å². The molecule has 1 atom stereocenters. The van der Waals surface area contributed by atoms with E-state index in [0.29, 0.717) is 55.4 Å². The quantitative estimate of drug-likeness (QED) is 0.628. The topological polar surface area (TPSA) is 105 Å². The number of para-hydroxylation sites is 1. The Balaban J connectivity index is 1.70. The number of amides is 2. The van der Waals surface area contributed by atoms with Crippen molar-refractivity contribution in [2.75, 3.05) is 49.2 Å². The summed E-state index contributed by atoms with van der Waals surface area (Å²) in [6.07, 6.45) is 0.724. The molecule has 0 bridgehead atoms. The smallest absolute Gasteiger partial charge is 0.265 e. The molecule has 2 aromatic rings. The molecule has 10 heteroatoms. The van der Waals surface area contributed by atoms with E-state index in [2.05, 4.69) is 5.32 Å². The lowest BCUT2D eigenvalue weighted by atomic mass is 10.1. The highest BCUT2D eigenvalue weighted by molar-refractivity contribution is 7.92. The van der Waals surface area contributed by atoms with Gasteiger partial charge in [-0.2, -0.15) is 0 Å². The Kier molecular flexibility index (Phi) is 7.93. The highest BCUT2D eigenvalue weighted by Gasteiger charge is 2.24. The van der Waals surface area contributed by atoms with Crippen LogP contribution in [0.2, 0.25) is 0 Å². The fourth-order valence-corrected chi connectivity index (χ4v) is 3.85. The Hall–Kier alpha value is -3.11. The van der Waals surface area contributed by atoms with Crippen LogP contribution in [0.1, 0.15) is 23.7 Å². The van der Waals surface area contributed by atoms with Gasteiger partial charge >= 0.3 is 0 Å². The minimum absolute atomic E-state index is 0.159. The van der Waals surface area contributed by atoms with Gasteiger partial charge in [-0.15, -0.1) is 0 Å². The molecule has 1 aliphatic rings. The number of ether oxygens (including phenoxy) is 2. The van der Waals surface area contributed by atoms with E-state index < -0.39 is 16.1 Å². The van der Waals surface area contributed by atoms with Crippen LogP contribution in [0.15, 0.2) is 48.5 Å². The van der Waals surface area contributed by atoms with Crippen LogP contribution in [-0.4, -0.2) is 70.8 Å². The van der Waals surface area contributed by atoms with Crippen LogP contribution in [0.25, 0.3) is 0 Å². The highest BCUT2D eigenvalue weighted by Crippen LogP contribution is 2.23. The second-order valence-electron chi connectivity index (χ2n) is 7.68. The van der Waals surface area contributed by atoms with Crippen molar-refractivity contribution < 1.29 is 27.5 Å². The molecule has 0 saturated carbocycles. The van der Waals surface area contributed by atoms with E-state index in [9.17, 15) is 18.0 Å². The molecule has 0 radical (unpaired) electrons. The van der Waals surface area contributed by atoms with E-state index in [1.165, 1.54) is 7.05 Å². The summed E-state index contributed by atoms with van der Waals surface area (Å²) in [7, 11) is -1.91. The van der Waals surface area contributed by atoms with Gasteiger partial charge in [0.1, 0.15) is 5.75 Å². The average molecular weight is 476 g/mol. The van der Waals surface area contributed by atoms with Crippen LogP contribution >= 0.6 is 0 Å². The zero-order chi connectivity index (χ0) is 24.0. The summed E-state index contributed by atoms with van der Waals surface area (Å²) in [5, 5.41) is 2.82. The molecule has 3 rings (SSSR count). The van der Waals surface area contributed by atoms with Gasteiger partial charge in [-0.25, -0.2) is 8.42 Å². The van der Waals surface area contributed by atoms with Crippen molar-refractivity contribution in [1.82, 2.24) is 4.90 Å². The Labute approximate surface area is 194 Å². The molecule has 0 aliphatic carbocycles. The van der Waals surface area contributed by atoms with Crippen LogP contribution in [0, 0.1) is 0 Å². The average Bonchev–Trinajstić information content (AvgIpc) is 2.82. The van der Waals surface area contributed by atoms with E-state index in [4.69, 9.17) is 9.47 Å². The summed E-state index contributed by atoms with van der Waals surface area (Å²) < 4.78 is 35.7. The number of anilines is 2. The van der Waals surface area contributed by atoms with Crippen LogP contribution < -0.4 is 14.4 Å². The summed E-state index contributed by atoms with van der Waals surface area (Å²) in [5.41, 5.74) is 1.32. The Bertz CT molecular complexity index is 1080. The number of nitrogens with one attached hydrogen (secondary N) is 1. The van der Waals surface area contributed by atoms with E-state index in [1.54, 1.807) is 53.4 Å². The first-order valence-electron chi connectivity index (χ1n) is 10.7. The molecule has 2 amide bonds. The molecule has 0 spiro atoms. The van der Waals surface area contributed by atoms with Crippen molar-refractivity contribution in [3.05, 3.63) is 54.1 Å². The number of carbonyl (C=O) groups is 2. The molecule has 178 valence electrons. The lowest BCUT2D eigenvalue weighted by molar-refractivity contribution is -0.122. The summed E-state index contributed by atoms with van der Waals surface area (Å²) in [4.78, 5) is 27.6. The van der Waals surface area contributed by atoms with Crippen molar-refractivity contribution in [2.45, 2.75) is 19.4 Å². The number of sulfonamides is 1. The largest absolute Gasteiger partial charge is 0.481 e. The van der Waals surface area contributed by atoms with Crippen molar-refractivity contribution in [3.8, 4) is 5.75 Å². The van der Waals surface area contributed by atoms with Crippen LogP contribution in [0.4, 0.5) is 11.4 Å². The molecule has 9 nitrogen and oxygen atoms in total. The molecular weight excluding hydrogens is 446 g/mol. The number of morpholine rings is 1. The maximum atomic E-state index is 12.9. The maximum Gasteiger partial charge on any atom is 0.265 e. The van der Waals surface area contributed by atoms with Gasteiger partial charge in [0.15, 0.2) is 6.10 Å².